The van der Waals surface area contributed by atoms with Crippen LogP contribution in [-0.2, 0) is 0 Å². The van der Waals surface area contributed by atoms with E-state index >= 15 is 0 Å². The summed E-state index contributed by atoms with van der Waals surface area (Å²) < 4.78 is 0. The summed E-state index contributed by atoms with van der Waals surface area (Å²) >= 11 is 0. The van der Waals surface area contributed by atoms with Gasteiger partial charge in [0.1, 0.15) is 0 Å². The topological polar surface area (TPSA) is 92.5 Å². The molecule has 7 heavy (non-hydrogen) atoms. The molecule has 0 rings (SSSR count). The second kappa shape index (κ2) is 15.7. The number of hydrogen-bond donors (Lipinski definition) is 3. The number of carbonyl (C=O) groups is 1. The molecular formula is CH7ClKNO3. The summed E-state index contributed by atoms with van der Waals surface area (Å²) in [5, 5.41) is 13.9. The molecule has 5 N–H and O–H groups in total. The third-order valence-electron chi connectivity index (χ3n) is 0. The van der Waals surface area contributed by atoms with Gasteiger partial charge in [-0.15, -0.1) is 12.4 Å². The summed E-state index contributed by atoms with van der Waals surface area (Å²) in [7, 11) is 0. The molecule has 0 saturated heterocycles. The average molecular weight is 156 g/mol. The second-order valence-electron chi connectivity index (χ2n) is 0.283. The van der Waals surface area contributed by atoms with Crippen LogP contribution in [0.15, 0.2) is 0 Å². The predicted octanol–water partition coefficient (Wildman–Crippen LogP) is 0.158. The van der Waals surface area contributed by atoms with Crippen molar-refractivity contribution in [2.24, 2.45) is 0 Å². The summed E-state index contributed by atoms with van der Waals surface area (Å²) in [4.78, 5) is 8.56. The van der Waals surface area contributed by atoms with Crippen LogP contribution in [0.2, 0.25) is 0 Å². The van der Waals surface area contributed by atoms with Crippen LogP contribution in [0, 0.1) is 0 Å². The van der Waals surface area contributed by atoms with Crippen molar-refractivity contribution in [3.05, 3.63) is 0 Å². The maximum atomic E-state index is 8.56. The Labute approximate surface area is 89.7 Å². The first-order valence-electron chi connectivity index (χ1n) is 0.651. The molecule has 0 aromatic rings. The van der Waals surface area contributed by atoms with Crippen molar-refractivity contribution in [2.75, 3.05) is 0 Å². The van der Waals surface area contributed by atoms with Crippen LogP contribution in [0.25, 0.3) is 0 Å². The monoisotopic (exact) mass is 155 g/mol. The summed E-state index contributed by atoms with van der Waals surface area (Å²) in [6, 6.07) is 0. The Hall–Kier alpha value is 1.16. The number of rotatable bonds is 0. The summed E-state index contributed by atoms with van der Waals surface area (Å²) in [6.07, 6.45) is -1.83. The minimum absolute atomic E-state index is 0. The molecule has 0 heterocycles. The number of hydrogen-bond acceptors (Lipinski definition) is 2. The van der Waals surface area contributed by atoms with E-state index in [1.165, 1.54) is 0 Å². The summed E-state index contributed by atoms with van der Waals surface area (Å²) in [5.74, 6) is 0. The summed E-state index contributed by atoms with van der Waals surface area (Å²) in [6.45, 7) is 0. The zero-order valence-electron chi connectivity index (χ0n) is 2.92. The summed E-state index contributed by atoms with van der Waals surface area (Å²) in [5.41, 5.74) is 0. The Morgan fingerprint density at radius 2 is 1.29 bits per heavy atom. The van der Waals surface area contributed by atoms with E-state index in [4.69, 9.17) is 15.0 Å². The predicted molar refractivity (Wildman–Crippen MR) is 30.1 cm³/mol. The molecule has 0 fully saturated rings. The minimum atomic E-state index is -1.83. The van der Waals surface area contributed by atoms with Gasteiger partial charge in [0.15, 0.2) is 0 Å². The van der Waals surface area contributed by atoms with Gasteiger partial charge in [-0.2, -0.15) is 0 Å². The Balaban J connectivity index is -0.0000000150. The molecule has 0 spiro atoms. The Morgan fingerprint density at radius 3 is 1.29 bits per heavy atom. The van der Waals surface area contributed by atoms with Crippen LogP contribution in [0.4, 0.5) is 4.79 Å². The van der Waals surface area contributed by atoms with Crippen molar-refractivity contribution in [1.29, 1.82) is 0 Å². The molecule has 0 bridgehead atoms. The Morgan fingerprint density at radius 1 is 1.29 bits per heavy atom. The van der Waals surface area contributed by atoms with Gasteiger partial charge in [0.05, 0.1) is 0 Å². The van der Waals surface area contributed by atoms with Gasteiger partial charge in [0.25, 0.3) is 0 Å². The van der Waals surface area contributed by atoms with Crippen LogP contribution >= 0.6 is 12.4 Å². The molecule has 0 radical (unpaired) electrons. The molecule has 0 atom stereocenters. The van der Waals surface area contributed by atoms with Gasteiger partial charge in [-0.05, 0) is 0 Å². The molecule has 0 aromatic carbocycles. The third-order valence-corrected chi connectivity index (χ3v) is 0. The van der Waals surface area contributed by atoms with Crippen LogP contribution in [0.3, 0.4) is 0 Å². The van der Waals surface area contributed by atoms with E-state index in [9.17, 15) is 0 Å². The SMILES string of the molecule is Cl.N.O=C(O)O.[KH]. The van der Waals surface area contributed by atoms with E-state index in [0.717, 1.165) is 0 Å². The quantitative estimate of drug-likeness (QED) is 0.435. The fourth-order valence-electron chi connectivity index (χ4n) is 0. The Bertz CT molecular complexity index is 37.9. The first-order chi connectivity index (χ1) is 1.73. The average Bonchev–Trinajstić information content (AvgIpc) is 0.811. The number of carboxylic acid groups (broad SMARTS) is 2. The molecule has 42 valence electrons. The number of halogens is 1. The fraction of sp³-hybridized carbons (Fsp3) is 0. The van der Waals surface area contributed by atoms with E-state index in [1.807, 2.05) is 0 Å². The molecule has 4 nitrogen and oxygen atoms in total. The van der Waals surface area contributed by atoms with Crippen molar-refractivity contribution >= 4 is 69.9 Å². The molecule has 0 aromatic heterocycles. The fourth-order valence-corrected chi connectivity index (χ4v) is 0. The van der Waals surface area contributed by atoms with E-state index in [1.54, 1.807) is 0 Å². The van der Waals surface area contributed by atoms with E-state index in [0.29, 0.717) is 0 Å². The van der Waals surface area contributed by atoms with Gasteiger partial charge in [0.2, 0.25) is 0 Å². The van der Waals surface area contributed by atoms with Crippen molar-refractivity contribution < 1.29 is 15.0 Å². The van der Waals surface area contributed by atoms with Gasteiger partial charge in [-0.1, -0.05) is 0 Å². The van der Waals surface area contributed by atoms with E-state index in [-0.39, 0.29) is 69.9 Å². The van der Waals surface area contributed by atoms with Crippen LogP contribution in [-0.4, -0.2) is 67.8 Å². The van der Waals surface area contributed by atoms with E-state index < -0.39 is 6.16 Å². The zero-order valence-corrected chi connectivity index (χ0v) is 3.73. The third kappa shape index (κ3) is 142. The standard InChI is InChI=1S/CH2O3.ClH.K.H3N.H/c2-1(3)4;;;;/h(H2,2,3,4);1H;;1H3;. The second-order valence-corrected chi connectivity index (χ2v) is 0.283. The van der Waals surface area contributed by atoms with Crippen molar-refractivity contribution in [3.8, 4) is 0 Å². The molecule has 0 saturated carbocycles. The van der Waals surface area contributed by atoms with Crippen molar-refractivity contribution in [1.82, 2.24) is 6.15 Å². The zero-order chi connectivity index (χ0) is 3.58. The van der Waals surface area contributed by atoms with Gasteiger partial charge >= 0.3 is 57.5 Å². The molecule has 0 aliphatic carbocycles. The van der Waals surface area contributed by atoms with Gasteiger partial charge < -0.3 is 16.4 Å². The Kier molecular flexibility index (Phi) is 54.2. The molecule has 6 heteroatoms. The molecule has 0 aliphatic heterocycles. The molecule has 0 aliphatic rings. The molecule has 0 unspecified atom stereocenters. The molecular weight excluding hydrogens is 149 g/mol. The van der Waals surface area contributed by atoms with Crippen LogP contribution in [0.1, 0.15) is 0 Å². The van der Waals surface area contributed by atoms with Gasteiger partial charge in [0, 0.05) is 0 Å². The molecule has 0 amide bonds. The van der Waals surface area contributed by atoms with Gasteiger partial charge in [-0.25, -0.2) is 4.79 Å². The van der Waals surface area contributed by atoms with Crippen LogP contribution < -0.4 is 6.15 Å². The van der Waals surface area contributed by atoms with E-state index in [2.05, 4.69) is 0 Å². The maximum absolute atomic E-state index is 8.56. The first kappa shape index (κ1) is 24.2. The van der Waals surface area contributed by atoms with Crippen LogP contribution in [0.5, 0.6) is 0 Å². The van der Waals surface area contributed by atoms with Gasteiger partial charge in [-0.3, -0.25) is 0 Å². The normalized spacial score (nSPS) is 3.43. The van der Waals surface area contributed by atoms with Crippen molar-refractivity contribution in [2.45, 2.75) is 0 Å². The first-order valence-corrected chi connectivity index (χ1v) is 0.651. The van der Waals surface area contributed by atoms with Crippen molar-refractivity contribution in [3.63, 3.8) is 0 Å².